The molecule has 1 saturated heterocycles. The highest BCUT2D eigenvalue weighted by molar-refractivity contribution is 5.85. The molecule has 7 heteroatoms. The average Bonchev–Trinajstić information content (AvgIpc) is 2.70. The van der Waals surface area contributed by atoms with Crippen LogP contribution in [0.3, 0.4) is 0 Å². The summed E-state index contributed by atoms with van der Waals surface area (Å²) in [5.41, 5.74) is -0.247. The normalized spacial score (nSPS) is 16.3. The number of fused-ring (bicyclic) bond motifs is 1. The van der Waals surface area contributed by atoms with Gasteiger partial charge in [0.15, 0.2) is 0 Å². The molecule has 1 aliphatic heterocycles. The number of likely N-dealkylation sites (tertiary alicyclic amines) is 1. The topological polar surface area (TPSA) is 25.4 Å². The SMILES string of the molecule is Fc1cccc2c(OC3CCN(Cc4ccccc4)CC3)cc(C(F)(F)F)nc12. The maximum atomic E-state index is 14.1. The number of piperidine rings is 1. The van der Waals surface area contributed by atoms with Crippen molar-refractivity contribution in [2.75, 3.05) is 13.1 Å². The Morgan fingerprint density at radius 2 is 1.72 bits per heavy atom. The van der Waals surface area contributed by atoms with Crippen LogP contribution in [0.1, 0.15) is 24.1 Å². The van der Waals surface area contributed by atoms with Crippen molar-refractivity contribution >= 4 is 10.9 Å². The van der Waals surface area contributed by atoms with Gasteiger partial charge < -0.3 is 4.74 Å². The highest BCUT2D eigenvalue weighted by Gasteiger charge is 2.34. The van der Waals surface area contributed by atoms with E-state index in [0.29, 0.717) is 12.8 Å². The molecule has 2 aromatic carbocycles. The summed E-state index contributed by atoms with van der Waals surface area (Å²) in [4.78, 5) is 5.76. The summed E-state index contributed by atoms with van der Waals surface area (Å²) in [6, 6.07) is 15.1. The predicted octanol–water partition coefficient (Wildman–Crippen LogP) is 5.44. The number of nitrogens with zero attached hydrogens (tertiary/aromatic N) is 2. The summed E-state index contributed by atoms with van der Waals surface area (Å²) in [6.45, 7) is 2.39. The standard InChI is InChI=1S/C22H20F4N2O/c23-18-8-4-7-17-19(13-20(22(24,25)26)27-21(17)18)29-16-9-11-28(12-10-16)14-15-5-2-1-3-6-15/h1-8,13,16H,9-12,14H2. The van der Waals surface area contributed by atoms with E-state index in [2.05, 4.69) is 22.0 Å². The zero-order chi connectivity index (χ0) is 20.4. The van der Waals surface area contributed by atoms with Crippen LogP contribution < -0.4 is 4.74 Å². The summed E-state index contributed by atoms with van der Waals surface area (Å²) in [5, 5.41) is 0.254. The third-order valence-corrected chi connectivity index (χ3v) is 5.12. The van der Waals surface area contributed by atoms with E-state index in [1.165, 1.54) is 17.7 Å². The van der Waals surface area contributed by atoms with Crippen molar-refractivity contribution in [1.29, 1.82) is 0 Å². The lowest BCUT2D eigenvalue weighted by atomic mass is 10.1. The Hall–Kier alpha value is -2.67. The summed E-state index contributed by atoms with van der Waals surface area (Å²) >= 11 is 0. The van der Waals surface area contributed by atoms with Gasteiger partial charge in [-0.05, 0) is 30.5 Å². The van der Waals surface area contributed by atoms with Gasteiger partial charge in [-0.15, -0.1) is 0 Å². The predicted molar refractivity (Wildman–Crippen MR) is 102 cm³/mol. The smallest absolute Gasteiger partial charge is 0.433 e. The lowest BCUT2D eigenvalue weighted by Crippen LogP contribution is -2.37. The molecular weight excluding hydrogens is 384 g/mol. The van der Waals surface area contributed by atoms with Gasteiger partial charge in [0, 0.05) is 31.1 Å². The van der Waals surface area contributed by atoms with E-state index in [1.807, 2.05) is 18.2 Å². The third kappa shape index (κ3) is 4.50. The fourth-order valence-electron chi connectivity index (χ4n) is 3.63. The minimum absolute atomic E-state index is 0.0309. The van der Waals surface area contributed by atoms with E-state index in [-0.39, 0.29) is 22.8 Å². The van der Waals surface area contributed by atoms with Crippen LogP contribution in [0.25, 0.3) is 10.9 Å². The monoisotopic (exact) mass is 404 g/mol. The molecule has 3 nitrogen and oxygen atoms in total. The number of ether oxygens (including phenoxy) is 1. The number of halogens is 4. The largest absolute Gasteiger partial charge is 0.490 e. The lowest BCUT2D eigenvalue weighted by Gasteiger charge is -2.32. The van der Waals surface area contributed by atoms with E-state index in [4.69, 9.17) is 4.74 Å². The number of hydrogen-bond acceptors (Lipinski definition) is 3. The lowest BCUT2D eigenvalue weighted by molar-refractivity contribution is -0.141. The van der Waals surface area contributed by atoms with Crippen molar-refractivity contribution in [3.05, 3.63) is 71.7 Å². The number of alkyl halides is 3. The van der Waals surface area contributed by atoms with E-state index >= 15 is 0 Å². The molecule has 0 radical (unpaired) electrons. The molecule has 0 bridgehead atoms. The second kappa shape index (κ2) is 7.99. The minimum Gasteiger partial charge on any atom is -0.490 e. The molecule has 0 atom stereocenters. The molecular formula is C22H20F4N2O. The van der Waals surface area contributed by atoms with Crippen LogP contribution in [0.4, 0.5) is 17.6 Å². The number of rotatable bonds is 4. The zero-order valence-corrected chi connectivity index (χ0v) is 15.6. The fourth-order valence-corrected chi connectivity index (χ4v) is 3.63. The molecule has 1 aromatic heterocycles. The summed E-state index contributed by atoms with van der Waals surface area (Å²) in [6.07, 6.45) is -3.52. The van der Waals surface area contributed by atoms with Crippen molar-refractivity contribution in [1.82, 2.24) is 9.88 Å². The first-order valence-electron chi connectivity index (χ1n) is 9.49. The van der Waals surface area contributed by atoms with Gasteiger partial charge in [0.25, 0.3) is 0 Å². The van der Waals surface area contributed by atoms with Crippen LogP contribution in [0.2, 0.25) is 0 Å². The highest BCUT2D eigenvalue weighted by Crippen LogP contribution is 2.36. The van der Waals surface area contributed by atoms with Gasteiger partial charge in [0.05, 0.1) is 0 Å². The van der Waals surface area contributed by atoms with Crippen molar-refractivity contribution in [3.63, 3.8) is 0 Å². The van der Waals surface area contributed by atoms with Crippen molar-refractivity contribution < 1.29 is 22.3 Å². The van der Waals surface area contributed by atoms with Crippen LogP contribution in [0.15, 0.2) is 54.6 Å². The Bertz CT molecular complexity index is 983. The molecule has 2 heterocycles. The maximum absolute atomic E-state index is 14.1. The molecule has 4 rings (SSSR count). The molecule has 0 unspecified atom stereocenters. The molecule has 1 fully saturated rings. The quantitative estimate of drug-likeness (QED) is 0.542. The summed E-state index contributed by atoms with van der Waals surface area (Å²) in [7, 11) is 0. The maximum Gasteiger partial charge on any atom is 0.433 e. The average molecular weight is 404 g/mol. The molecule has 29 heavy (non-hydrogen) atoms. The molecule has 1 aliphatic rings. The number of benzene rings is 2. The molecule has 0 N–H and O–H groups in total. The second-order valence-electron chi connectivity index (χ2n) is 7.22. The van der Waals surface area contributed by atoms with Crippen molar-refractivity contribution in [3.8, 4) is 5.75 Å². The Kier molecular flexibility index (Phi) is 5.41. The third-order valence-electron chi connectivity index (χ3n) is 5.12. The fraction of sp³-hybridized carbons (Fsp3) is 0.318. The first kappa shape index (κ1) is 19.6. The van der Waals surface area contributed by atoms with E-state index in [9.17, 15) is 17.6 Å². The van der Waals surface area contributed by atoms with Gasteiger partial charge in [0.1, 0.15) is 28.9 Å². The van der Waals surface area contributed by atoms with Crippen LogP contribution >= 0.6 is 0 Å². The van der Waals surface area contributed by atoms with Gasteiger partial charge >= 0.3 is 6.18 Å². The number of hydrogen-bond donors (Lipinski definition) is 0. The molecule has 0 spiro atoms. The van der Waals surface area contributed by atoms with Crippen molar-refractivity contribution in [2.24, 2.45) is 0 Å². The first-order valence-corrected chi connectivity index (χ1v) is 9.49. The van der Waals surface area contributed by atoms with Gasteiger partial charge in [-0.1, -0.05) is 36.4 Å². The first-order chi connectivity index (χ1) is 13.9. The van der Waals surface area contributed by atoms with Crippen LogP contribution in [-0.2, 0) is 12.7 Å². The molecule has 3 aromatic rings. The Morgan fingerprint density at radius 3 is 2.41 bits per heavy atom. The van der Waals surface area contributed by atoms with E-state index in [0.717, 1.165) is 31.8 Å². The van der Waals surface area contributed by atoms with Gasteiger partial charge in [-0.3, -0.25) is 4.90 Å². The zero-order valence-electron chi connectivity index (χ0n) is 15.6. The Labute approximate surface area is 165 Å². The highest BCUT2D eigenvalue weighted by atomic mass is 19.4. The number of para-hydroxylation sites is 1. The van der Waals surface area contributed by atoms with Crippen molar-refractivity contribution in [2.45, 2.75) is 31.7 Å². The second-order valence-corrected chi connectivity index (χ2v) is 7.22. The minimum atomic E-state index is -4.67. The summed E-state index contributed by atoms with van der Waals surface area (Å²) in [5.74, 6) is -0.764. The summed E-state index contributed by atoms with van der Waals surface area (Å²) < 4.78 is 59.7. The molecule has 0 aliphatic carbocycles. The van der Waals surface area contributed by atoms with Gasteiger partial charge in [0.2, 0.25) is 0 Å². The molecule has 0 amide bonds. The molecule has 152 valence electrons. The Morgan fingerprint density at radius 1 is 1.00 bits per heavy atom. The Balaban J connectivity index is 1.50. The number of aromatic nitrogens is 1. The number of pyridine rings is 1. The van der Waals surface area contributed by atoms with Crippen LogP contribution in [0.5, 0.6) is 5.75 Å². The van der Waals surface area contributed by atoms with Gasteiger partial charge in [-0.2, -0.15) is 13.2 Å². The molecule has 0 saturated carbocycles. The van der Waals surface area contributed by atoms with Crippen LogP contribution in [-0.4, -0.2) is 29.1 Å². The van der Waals surface area contributed by atoms with E-state index in [1.54, 1.807) is 0 Å². The van der Waals surface area contributed by atoms with E-state index < -0.39 is 17.7 Å². The van der Waals surface area contributed by atoms with Crippen LogP contribution in [0, 0.1) is 5.82 Å². The van der Waals surface area contributed by atoms with Gasteiger partial charge in [-0.25, -0.2) is 9.37 Å².